The summed E-state index contributed by atoms with van der Waals surface area (Å²) < 4.78 is 0. The standard InChI is InChI=1S/C27H35N3OS2/c1-18(2)10-8-13-21(23-15-9-12-20-11-6-7-14-22(20)23)17-28-27(31)30-25-24(32-4)16-19(3)29-26(25)33-5/h6-7,9,11-12,14-16,18,21H,8,10,13,17H2,1-5H3,(H2,28,30,31). The Morgan fingerprint density at radius 3 is 2.52 bits per heavy atom. The summed E-state index contributed by atoms with van der Waals surface area (Å²) in [4.78, 5) is 18.6. The lowest BCUT2D eigenvalue weighted by molar-refractivity contribution is 0.251. The quantitative estimate of drug-likeness (QED) is 0.291. The monoisotopic (exact) mass is 481 g/mol. The van der Waals surface area contributed by atoms with Gasteiger partial charge in [0.1, 0.15) is 5.03 Å². The number of carbonyl (C=O) groups excluding carboxylic acids is 1. The molecule has 2 N–H and O–H groups in total. The normalized spacial score (nSPS) is 12.2. The molecule has 0 saturated carbocycles. The summed E-state index contributed by atoms with van der Waals surface area (Å²) in [5, 5.41) is 9.59. The molecule has 3 aromatic rings. The molecule has 0 aliphatic carbocycles. The molecule has 2 aromatic carbocycles. The second-order valence-corrected chi connectivity index (χ2v) is 10.4. The van der Waals surface area contributed by atoms with E-state index in [9.17, 15) is 4.79 Å². The number of aryl methyl sites for hydroxylation is 1. The molecule has 1 heterocycles. The Kier molecular flexibility index (Phi) is 9.51. The molecule has 33 heavy (non-hydrogen) atoms. The van der Waals surface area contributed by atoms with E-state index in [4.69, 9.17) is 0 Å². The molecule has 0 bridgehead atoms. The summed E-state index contributed by atoms with van der Waals surface area (Å²) in [7, 11) is 0. The Hall–Kier alpha value is -2.18. The molecule has 3 rings (SSSR count). The zero-order chi connectivity index (χ0) is 23.8. The number of nitrogens with one attached hydrogen (secondary N) is 2. The highest BCUT2D eigenvalue weighted by atomic mass is 32.2. The molecule has 0 fully saturated rings. The fraction of sp³-hybridized carbons (Fsp3) is 0.407. The minimum atomic E-state index is -0.180. The third-order valence-corrected chi connectivity index (χ3v) is 7.28. The average Bonchev–Trinajstić information content (AvgIpc) is 2.81. The van der Waals surface area contributed by atoms with E-state index in [0.717, 1.165) is 34.1 Å². The highest BCUT2D eigenvalue weighted by Gasteiger charge is 2.18. The number of aromatic nitrogens is 1. The van der Waals surface area contributed by atoms with Gasteiger partial charge in [-0.3, -0.25) is 0 Å². The minimum Gasteiger partial charge on any atom is -0.337 e. The van der Waals surface area contributed by atoms with Crippen LogP contribution >= 0.6 is 23.5 Å². The van der Waals surface area contributed by atoms with Gasteiger partial charge in [-0.15, -0.1) is 23.5 Å². The Morgan fingerprint density at radius 1 is 1.03 bits per heavy atom. The van der Waals surface area contributed by atoms with Crippen molar-refractivity contribution in [1.82, 2.24) is 10.3 Å². The molecule has 1 unspecified atom stereocenters. The lowest BCUT2D eigenvalue weighted by Crippen LogP contribution is -2.33. The number of hydrogen-bond acceptors (Lipinski definition) is 4. The van der Waals surface area contributed by atoms with Gasteiger partial charge in [0, 0.05) is 23.1 Å². The van der Waals surface area contributed by atoms with E-state index in [-0.39, 0.29) is 11.9 Å². The lowest BCUT2D eigenvalue weighted by Gasteiger charge is -2.21. The van der Waals surface area contributed by atoms with Crippen molar-refractivity contribution in [3.8, 4) is 0 Å². The maximum absolute atomic E-state index is 12.9. The van der Waals surface area contributed by atoms with Crippen molar-refractivity contribution in [2.24, 2.45) is 5.92 Å². The summed E-state index contributed by atoms with van der Waals surface area (Å²) in [5.74, 6) is 0.940. The Labute approximate surface area is 206 Å². The van der Waals surface area contributed by atoms with Gasteiger partial charge in [-0.1, -0.05) is 69.2 Å². The van der Waals surface area contributed by atoms with Crippen molar-refractivity contribution >= 4 is 46.0 Å². The van der Waals surface area contributed by atoms with E-state index in [1.807, 2.05) is 25.5 Å². The third kappa shape index (κ3) is 6.90. The van der Waals surface area contributed by atoms with Gasteiger partial charge in [0.15, 0.2) is 0 Å². The van der Waals surface area contributed by atoms with Crippen LogP contribution < -0.4 is 10.6 Å². The fourth-order valence-corrected chi connectivity index (χ4v) is 5.46. The van der Waals surface area contributed by atoms with Crippen molar-refractivity contribution in [1.29, 1.82) is 0 Å². The number of urea groups is 1. The highest BCUT2D eigenvalue weighted by molar-refractivity contribution is 7.99. The van der Waals surface area contributed by atoms with Gasteiger partial charge < -0.3 is 10.6 Å². The molecular formula is C27H35N3OS2. The van der Waals surface area contributed by atoms with Crippen molar-refractivity contribution in [2.75, 3.05) is 24.4 Å². The van der Waals surface area contributed by atoms with E-state index < -0.39 is 0 Å². The van der Waals surface area contributed by atoms with Gasteiger partial charge >= 0.3 is 6.03 Å². The molecule has 1 aromatic heterocycles. The largest absolute Gasteiger partial charge is 0.337 e. The van der Waals surface area contributed by atoms with E-state index in [1.54, 1.807) is 23.5 Å². The Balaban J connectivity index is 1.78. The summed E-state index contributed by atoms with van der Waals surface area (Å²) >= 11 is 3.17. The first-order chi connectivity index (χ1) is 15.9. The third-order valence-electron chi connectivity index (χ3n) is 5.84. The average molecular weight is 482 g/mol. The summed E-state index contributed by atoms with van der Waals surface area (Å²) in [5.41, 5.74) is 3.05. The van der Waals surface area contributed by atoms with Crippen LogP contribution in [0.5, 0.6) is 0 Å². The Morgan fingerprint density at radius 2 is 1.79 bits per heavy atom. The molecule has 6 heteroatoms. The zero-order valence-electron chi connectivity index (χ0n) is 20.3. The Bertz CT molecular complexity index is 1050. The minimum absolute atomic E-state index is 0.180. The van der Waals surface area contributed by atoms with E-state index in [2.05, 4.69) is 71.9 Å². The number of amides is 2. The van der Waals surface area contributed by atoms with Crippen molar-refractivity contribution in [3.05, 3.63) is 59.8 Å². The summed E-state index contributed by atoms with van der Waals surface area (Å²) in [6.07, 6.45) is 7.39. The molecule has 2 amide bonds. The van der Waals surface area contributed by atoms with Crippen LogP contribution in [0.15, 0.2) is 58.5 Å². The number of carbonyl (C=O) groups is 1. The van der Waals surface area contributed by atoms with Crippen molar-refractivity contribution < 1.29 is 4.79 Å². The number of benzene rings is 2. The number of rotatable bonds is 10. The molecule has 0 saturated heterocycles. The van der Waals surface area contributed by atoms with E-state index in [1.165, 1.54) is 22.8 Å². The topological polar surface area (TPSA) is 54.0 Å². The van der Waals surface area contributed by atoms with Crippen LogP contribution in [-0.4, -0.2) is 30.1 Å². The van der Waals surface area contributed by atoms with Gasteiger partial charge in [-0.25, -0.2) is 9.78 Å². The van der Waals surface area contributed by atoms with Gasteiger partial charge in [-0.2, -0.15) is 0 Å². The first-order valence-electron chi connectivity index (χ1n) is 11.5. The first-order valence-corrected chi connectivity index (χ1v) is 14.0. The molecule has 0 spiro atoms. The van der Waals surface area contributed by atoms with Crippen LogP contribution in [0.25, 0.3) is 10.8 Å². The van der Waals surface area contributed by atoms with Gasteiger partial charge in [0.25, 0.3) is 0 Å². The summed E-state index contributed by atoms with van der Waals surface area (Å²) in [6, 6.07) is 16.8. The first kappa shape index (κ1) is 25.4. The second-order valence-electron chi connectivity index (χ2n) is 8.78. The smallest absolute Gasteiger partial charge is 0.319 e. The molecule has 176 valence electrons. The van der Waals surface area contributed by atoms with Crippen molar-refractivity contribution in [3.63, 3.8) is 0 Å². The van der Waals surface area contributed by atoms with Crippen LogP contribution in [0.1, 0.15) is 50.3 Å². The predicted molar refractivity (Wildman–Crippen MR) is 145 cm³/mol. The van der Waals surface area contributed by atoms with Gasteiger partial charge in [0.05, 0.1) is 5.69 Å². The number of hydrogen-bond donors (Lipinski definition) is 2. The molecule has 0 aliphatic rings. The fourth-order valence-electron chi connectivity index (χ4n) is 4.16. The molecule has 1 atom stereocenters. The second kappa shape index (κ2) is 12.3. The van der Waals surface area contributed by atoms with E-state index in [0.29, 0.717) is 12.5 Å². The predicted octanol–water partition coefficient (Wildman–Crippen LogP) is 7.72. The van der Waals surface area contributed by atoms with Gasteiger partial charge in [-0.05, 0) is 54.2 Å². The molecular weight excluding hydrogens is 446 g/mol. The maximum atomic E-state index is 12.9. The zero-order valence-corrected chi connectivity index (χ0v) is 21.9. The summed E-state index contributed by atoms with van der Waals surface area (Å²) in [6.45, 7) is 7.11. The van der Waals surface area contributed by atoms with Crippen LogP contribution in [0.4, 0.5) is 10.5 Å². The molecule has 0 radical (unpaired) electrons. The SMILES string of the molecule is CSc1cc(C)nc(SC)c1NC(=O)NCC(CCCC(C)C)c1cccc2ccccc12. The van der Waals surface area contributed by atoms with Gasteiger partial charge in [0.2, 0.25) is 0 Å². The highest BCUT2D eigenvalue weighted by Crippen LogP contribution is 2.34. The molecule has 0 aliphatic heterocycles. The number of thioether (sulfide) groups is 2. The lowest BCUT2D eigenvalue weighted by atomic mass is 9.88. The number of fused-ring (bicyclic) bond motifs is 1. The number of anilines is 1. The van der Waals surface area contributed by atoms with Crippen LogP contribution in [0, 0.1) is 12.8 Å². The van der Waals surface area contributed by atoms with Crippen LogP contribution in [0.3, 0.4) is 0 Å². The van der Waals surface area contributed by atoms with Crippen LogP contribution in [-0.2, 0) is 0 Å². The number of pyridine rings is 1. The van der Waals surface area contributed by atoms with Crippen molar-refractivity contribution in [2.45, 2.75) is 55.9 Å². The van der Waals surface area contributed by atoms with Crippen LogP contribution in [0.2, 0.25) is 0 Å². The molecule has 4 nitrogen and oxygen atoms in total. The number of nitrogens with zero attached hydrogens (tertiary/aromatic N) is 1. The van der Waals surface area contributed by atoms with E-state index >= 15 is 0 Å². The maximum Gasteiger partial charge on any atom is 0.319 e.